The van der Waals surface area contributed by atoms with Crippen molar-refractivity contribution in [1.82, 2.24) is 0 Å². The van der Waals surface area contributed by atoms with Gasteiger partial charge in [0, 0.05) is 0 Å². The van der Waals surface area contributed by atoms with Crippen molar-refractivity contribution >= 4 is 0 Å². The van der Waals surface area contributed by atoms with Gasteiger partial charge in [-0.1, -0.05) is 13.3 Å². The quantitative estimate of drug-likeness (QED) is 0.710. The Bertz CT molecular complexity index is 167. The maximum Gasteiger partial charge on any atom is 0.0613 e. The van der Waals surface area contributed by atoms with Gasteiger partial charge in [-0.25, -0.2) is 0 Å². The maximum atomic E-state index is 5.91. The fourth-order valence-corrected chi connectivity index (χ4v) is 2.56. The molecule has 1 saturated heterocycles. The SMILES string of the molecule is C[C@H](CN)C1CCC2(CCC2)CO1. The van der Waals surface area contributed by atoms with E-state index < -0.39 is 0 Å². The molecule has 76 valence electrons. The molecule has 0 aromatic heterocycles. The lowest BCUT2D eigenvalue weighted by Crippen LogP contribution is -2.43. The Balaban J connectivity index is 1.82. The normalized spacial score (nSPS) is 34.2. The molecule has 1 heterocycles. The largest absolute Gasteiger partial charge is 0.377 e. The molecule has 13 heavy (non-hydrogen) atoms. The monoisotopic (exact) mass is 183 g/mol. The highest BCUT2D eigenvalue weighted by Gasteiger charge is 2.41. The van der Waals surface area contributed by atoms with Gasteiger partial charge >= 0.3 is 0 Å². The molecule has 2 heteroatoms. The average Bonchev–Trinajstić information content (AvgIpc) is 2.14. The van der Waals surface area contributed by atoms with E-state index in [0.717, 1.165) is 13.2 Å². The minimum absolute atomic E-state index is 0.441. The van der Waals surface area contributed by atoms with Crippen molar-refractivity contribution < 1.29 is 4.74 Å². The molecule has 0 amide bonds. The predicted molar refractivity (Wildman–Crippen MR) is 53.5 cm³/mol. The first-order valence-electron chi connectivity index (χ1n) is 5.57. The van der Waals surface area contributed by atoms with Crippen LogP contribution in [0.25, 0.3) is 0 Å². The fraction of sp³-hybridized carbons (Fsp3) is 1.00. The molecule has 0 aromatic rings. The number of nitrogens with two attached hydrogens (primary N) is 1. The summed E-state index contributed by atoms with van der Waals surface area (Å²) in [5.41, 5.74) is 6.24. The highest BCUT2D eigenvalue weighted by Crippen LogP contribution is 2.48. The molecule has 2 aliphatic rings. The van der Waals surface area contributed by atoms with Crippen LogP contribution in [0.15, 0.2) is 0 Å². The van der Waals surface area contributed by atoms with Crippen molar-refractivity contribution in [3.8, 4) is 0 Å². The molecule has 2 fully saturated rings. The standard InChI is InChI=1S/C11H21NO/c1-9(7-12)10-3-6-11(8-13-10)4-2-5-11/h9-10H,2-8,12H2,1H3/t9-,10?/m1/s1. The number of hydrogen-bond acceptors (Lipinski definition) is 2. The van der Waals surface area contributed by atoms with Crippen LogP contribution in [0, 0.1) is 11.3 Å². The lowest BCUT2D eigenvalue weighted by Gasteiger charge is -2.47. The van der Waals surface area contributed by atoms with Gasteiger partial charge in [-0.05, 0) is 43.6 Å². The Hall–Kier alpha value is -0.0800. The van der Waals surface area contributed by atoms with Gasteiger partial charge in [0.25, 0.3) is 0 Å². The minimum Gasteiger partial charge on any atom is -0.377 e. The van der Waals surface area contributed by atoms with Crippen LogP contribution in [0.1, 0.15) is 39.0 Å². The van der Waals surface area contributed by atoms with Gasteiger partial charge in [0.05, 0.1) is 12.7 Å². The summed E-state index contributed by atoms with van der Waals surface area (Å²) in [6.07, 6.45) is 7.27. The van der Waals surface area contributed by atoms with Gasteiger partial charge in [0.15, 0.2) is 0 Å². The van der Waals surface area contributed by atoms with Gasteiger partial charge in [0.1, 0.15) is 0 Å². The van der Waals surface area contributed by atoms with Crippen molar-refractivity contribution in [2.24, 2.45) is 17.1 Å². The summed E-state index contributed by atoms with van der Waals surface area (Å²) in [6.45, 7) is 3.96. The topological polar surface area (TPSA) is 35.2 Å². The first-order chi connectivity index (χ1) is 6.26. The van der Waals surface area contributed by atoms with Crippen LogP contribution in [0.4, 0.5) is 0 Å². The molecule has 0 radical (unpaired) electrons. The van der Waals surface area contributed by atoms with Gasteiger partial charge < -0.3 is 10.5 Å². The fourth-order valence-electron chi connectivity index (χ4n) is 2.56. The highest BCUT2D eigenvalue weighted by atomic mass is 16.5. The van der Waals surface area contributed by atoms with E-state index in [9.17, 15) is 0 Å². The second-order valence-electron chi connectivity index (χ2n) is 4.95. The van der Waals surface area contributed by atoms with Crippen molar-refractivity contribution in [3.63, 3.8) is 0 Å². The molecule has 2 nitrogen and oxygen atoms in total. The molecular weight excluding hydrogens is 162 g/mol. The summed E-state index contributed by atoms with van der Waals surface area (Å²) in [6, 6.07) is 0. The predicted octanol–water partition coefficient (Wildman–Crippen LogP) is 1.93. The summed E-state index contributed by atoms with van der Waals surface area (Å²) < 4.78 is 5.91. The Kier molecular flexibility index (Phi) is 2.61. The number of rotatable bonds is 2. The maximum absolute atomic E-state index is 5.91. The molecule has 0 aromatic carbocycles. The zero-order chi connectivity index (χ0) is 9.31. The van der Waals surface area contributed by atoms with E-state index in [-0.39, 0.29) is 0 Å². The third kappa shape index (κ3) is 1.75. The summed E-state index contributed by atoms with van der Waals surface area (Å²) >= 11 is 0. The summed E-state index contributed by atoms with van der Waals surface area (Å²) in [7, 11) is 0. The van der Waals surface area contributed by atoms with E-state index in [4.69, 9.17) is 10.5 Å². The van der Waals surface area contributed by atoms with E-state index in [1.54, 1.807) is 0 Å². The van der Waals surface area contributed by atoms with Crippen LogP contribution in [0.3, 0.4) is 0 Å². The molecule has 1 unspecified atom stereocenters. The summed E-state index contributed by atoms with van der Waals surface area (Å²) in [4.78, 5) is 0. The Morgan fingerprint density at radius 2 is 2.23 bits per heavy atom. The smallest absolute Gasteiger partial charge is 0.0613 e. The lowest BCUT2D eigenvalue weighted by molar-refractivity contribution is -0.111. The van der Waals surface area contributed by atoms with E-state index in [0.29, 0.717) is 17.4 Å². The van der Waals surface area contributed by atoms with E-state index in [2.05, 4.69) is 6.92 Å². The molecule has 1 aliphatic heterocycles. The van der Waals surface area contributed by atoms with E-state index in [1.807, 2.05) is 0 Å². The summed E-state index contributed by atoms with van der Waals surface area (Å²) in [5, 5.41) is 0. The van der Waals surface area contributed by atoms with Gasteiger partial charge in [0.2, 0.25) is 0 Å². The van der Waals surface area contributed by atoms with Gasteiger partial charge in [-0.15, -0.1) is 0 Å². The molecule has 2 atom stereocenters. The average molecular weight is 183 g/mol. The van der Waals surface area contributed by atoms with Crippen molar-refractivity contribution in [1.29, 1.82) is 0 Å². The Morgan fingerprint density at radius 1 is 1.46 bits per heavy atom. The van der Waals surface area contributed by atoms with Crippen LogP contribution < -0.4 is 5.73 Å². The first-order valence-corrected chi connectivity index (χ1v) is 5.57. The van der Waals surface area contributed by atoms with Gasteiger partial charge in [-0.3, -0.25) is 0 Å². The molecule has 0 bridgehead atoms. The van der Waals surface area contributed by atoms with Gasteiger partial charge in [-0.2, -0.15) is 0 Å². The Morgan fingerprint density at radius 3 is 2.62 bits per heavy atom. The Labute approximate surface area is 80.8 Å². The number of ether oxygens (including phenoxy) is 1. The zero-order valence-corrected chi connectivity index (χ0v) is 8.59. The molecular formula is C11H21NO. The molecule has 1 saturated carbocycles. The van der Waals surface area contributed by atoms with Crippen molar-refractivity contribution in [2.75, 3.05) is 13.2 Å². The number of hydrogen-bond donors (Lipinski definition) is 1. The second-order valence-corrected chi connectivity index (χ2v) is 4.95. The minimum atomic E-state index is 0.441. The lowest BCUT2D eigenvalue weighted by atomic mass is 9.65. The first kappa shape index (κ1) is 9.47. The molecule has 1 spiro atoms. The highest BCUT2D eigenvalue weighted by molar-refractivity contribution is 4.91. The van der Waals surface area contributed by atoms with Crippen LogP contribution in [-0.4, -0.2) is 19.3 Å². The van der Waals surface area contributed by atoms with Crippen molar-refractivity contribution in [2.45, 2.75) is 45.1 Å². The van der Waals surface area contributed by atoms with Crippen LogP contribution in [0.5, 0.6) is 0 Å². The molecule has 2 rings (SSSR count). The summed E-state index contributed by atoms with van der Waals surface area (Å²) in [5.74, 6) is 0.539. The third-order valence-electron chi connectivity index (χ3n) is 3.98. The third-order valence-corrected chi connectivity index (χ3v) is 3.98. The van der Waals surface area contributed by atoms with Crippen LogP contribution in [-0.2, 0) is 4.74 Å². The van der Waals surface area contributed by atoms with Crippen molar-refractivity contribution in [3.05, 3.63) is 0 Å². The zero-order valence-electron chi connectivity index (χ0n) is 8.59. The van der Waals surface area contributed by atoms with Crippen LogP contribution in [0.2, 0.25) is 0 Å². The second kappa shape index (κ2) is 3.58. The van der Waals surface area contributed by atoms with E-state index >= 15 is 0 Å². The van der Waals surface area contributed by atoms with E-state index in [1.165, 1.54) is 32.1 Å². The molecule has 1 aliphatic carbocycles. The van der Waals surface area contributed by atoms with Crippen LogP contribution >= 0.6 is 0 Å². The molecule has 2 N–H and O–H groups in total.